The average Bonchev–Trinajstić information content (AvgIpc) is 2.27. The van der Waals surface area contributed by atoms with E-state index in [1.54, 1.807) is 0 Å². The smallest absolute Gasteiger partial charge is 0.265 e. The van der Waals surface area contributed by atoms with Crippen molar-refractivity contribution in [1.29, 1.82) is 0 Å². The van der Waals surface area contributed by atoms with Crippen molar-refractivity contribution in [1.82, 2.24) is 4.98 Å². The monoisotopic (exact) mass is 349 g/mol. The van der Waals surface area contributed by atoms with Gasteiger partial charge in [0, 0.05) is 26.2 Å². The van der Waals surface area contributed by atoms with Crippen LogP contribution in [0.1, 0.15) is 5.69 Å². The molecule has 1 heterocycles. The molecule has 0 aliphatic heterocycles. The van der Waals surface area contributed by atoms with E-state index < -0.39 is 9.05 Å². The van der Waals surface area contributed by atoms with Gasteiger partial charge in [-0.1, -0.05) is 15.9 Å². The molecule has 0 atom stereocenters. The van der Waals surface area contributed by atoms with E-state index in [0.29, 0.717) is 9.99 Å². The lowest BCUT2D eigenvalue weighted by Gasteiger charge is -2.11. The highest BCUT2D eigenvalue weighted by molar-refractivity contribution is 9.10. The van der Waals surface area contributed by atoms with Gasteiger partial charge < -0.3 is 4.74 Å². The number of methoxy groups -OCH3 is 1. The molecule has 2 aromatic rings. The van der Waals surface area contributed by atoms with Crippen molar-refractivity contribution in [2.45, 2.75) is 11.8 Å². The Bertz CT molecular complexity index is 731. The fourth-order valence-electron chi connectivity index (χ4n) is 1.68. The maximum Gasteiger partial charge on any atom is 0.265 e. The van der Waals surface area contributed by atoms with Gasteiger partial charge in [-0.2, -0.15) is 0 Å². The second kappa shape index (κ2) is 4.68. The van der Waals surface area contributed by atoms with E-state index in [1.807, 2.05) is 19.1 Å². The molecule has 0 aliphatic rings. The molecule has 2 rings (SSSR count). The van der Waals surface area contributed by atoms with Gasteiger partial charge in [0.1, 0.15) is 10.4 Å². The number of aromatic nitrogens is 1. The topological polar surface area (TPSA) is 56.3 Å². The van der Waals surface area contributed by atoms with Gasteiger partial charge in [0.15, 0.2) is 5.75 Å². The summed E-state index contributed by atoms with van der Waals surface area (Å²) in [5, 5.41) is 0.765. The van der Waals surface area contributed by atoms with E-state index in [2.05, 4.69) is 20.9 Å². The molecule has 0 saturated heterocycles. The predicted octanol–water partition coefficient (Wildman–Crippen LogP) is 3.24. The number of halogens is 2. The molecule has 1 aromatic carbocycles. The molecule has 7 heteroatoms. The van der Waals surface area contributed by atoms with Crippen LogP contribution < -0.4 is 4.74 Å². The summed E-state index contributed by atoms with van der Waals surface area (Å²) >= 11 is 3.31. The van der Waals surface area contributed by atoms with Crippen LogP contribution in [0.3, 0.4) is 0 Å². The second-order valence-electron chi connectivity index (χ2n) is 3.68. The quantitative estimate of drug-likeness (QED) is 0.780. The molecule has 0 fully saturated rings. The zero-order chi connectivity index (χ0) is 13.5. The highest BCUT2D eigenvalue weighted by Gasteiger charge is 2.22. The van der Waals surface area contributed by atoms with Crippen LogP contribution in [0.2, 0.25) is 0 Å². The summed E-state index contributed by atoms with van der Waals surface area (Å²) in [6.45, 7) is 1.81. The molecule has 18 heavy (non-hydrogen) atoms. The van der Waals surface area contributed by atoms with Gasteiger partial charge in [-0.25, -0.2) is 13.4 Å². The minimum absolute atomic E-state index is 0.0934. The van der Waals surface area contributed by atoms with Crippen LogP contribution in [0, 0.1) is 6.92 Å². The summed E-state index contributed by atoms with van der Waals surface area (Å²) in [5.74, 6) is 0.159. The highest BCUT2D eigenvalue weighted by atomic mass is 79.9. The first-order valence-corrected chi connectivity index (χ1v) is 8.03. The van der Waals surface area contributed by atoms with Gasteiger partial charge in [-0.3, -0.25) is 0 Å². The third kappa shape index (κ3) is 2.32. The van der Waals surface area contributed by atoms with Crippen molar-refractivity contribution in [3.05, 3.63) is 28.4 Å². The Morgan fingerprint density at radius 2 is 2.06 bits per heavy atom. The Labute approximate surface area is 117 Å². The lowest BCUT2D eigenvalue weighted by atomic mass is 10.2. The summed E-state index contributed by atoms with van der Waals surface area (Å²) in [6, 6.07) is 5.09. The normalized spacial score (nSPS) is 11.8. The third-order valence-electron chi connectivity index (χ3n) is 2.46. The first-order chi connectivity index (χ1) is 8.34. The van der Waals surface area contributed by atoms with Gasteiger partial charge in [0.05, 0.1) is 7.11 Å². The number of ether oxygens (including phenoxy) is 1. The van der Waals surface area contributed by atoms with E-state index in [0.717, 1.165) is 11.1 Å². The van der Waals surface area contributed by atoms with Gasteiger partial charge in [0.2, 0.25) is 0 Å². The van der Waals surface area contributed by atoms with Crippen LogP contribution in [0.15, 0.2) is 27.6 Å². The molecule has 0 saturated carbocycles. The number of hydrogen-bond donors (Lipinski definition) is 0. The Morgan fingerprint density at radius 3 is 2.61 bits per heavy atom. The minimum Gasteiger partial charge on any atom is -0.493 e. The molecule has 0 unspecified atom stereocenters. The summed E-state index contributed by atoms with van der Waals surface area (Å²) in [5.41, 5.74) is 1.22. The molecule has 0 radical (unpaired) electrons. The zero-order valence-electron chi connectivity index (χ0n) is 9.57. The second-order valence-corrected chi connectivity index (χ2v) is 7.07. The minimum atomic E-state index is -3.90. The lowest BCUT2D eigenvalue weighted by molar-refractivity contribution is 0.407. The molecule has 0 spiro atoms. The largest absolute Gasteiger partial charge is 0.493 e. The maximum atomic E-state index is 11.5. The van der Waals surface area contributed by atoms with Crippen molar-refractivity contribution >= 4 is 46.6 Å². The van der Waals surface area contributed by atoms with Crippen molar-refractivity contribution in [3.8, 4) is 5.75 Å². The van der Waals surface area contributed by atoms with Crippen LogP contribution in [0.25, 0.3) is 10.9 Å². The maximum absolute atomic E-state index is 11.5. The molecule has 4 nitrogen and oxygen atoms in total. The van der Waals surface area contributed by atoms with E-state index in [9.17, 15) is 8.42 Å². The van der Waals surface area contributed by atoms with Gasteiger partial charge in [-0.05, 0) is 25.1 Å². The van der Waals surface area contributed by atoms with Crippen molar-refractivity contribution < 1.29 is 13.2 Å². The van der Waals surface area contributed by atoms with Crippen LogP contribution in [0.4, 0.5) is 0 Å². The Balaban J connectivity index is 3.00. The number of fused-ring (bicyclic) bond motifs is 1. The summed E-state index contributed by atoms with van der Waals surface area (Å²) in [7, 11) is 2.89. The van der Waals surface area contributed by atoms with Gasteiger partial charge >= 0.3 is 0 Å². The van der Waals surface area contributed by atoms with Crippen molar-refractivity contribution in [2.24, 2.45) is 0 Å². The zero-order valence-corrected chi connectivity index (χ0v) is 12.7. The molecule has 0 amide bonds. The van der Waals surface area contributed by atoms with Crippen LogP contribution in [-0.2, 0) is 9.05 Å². The summed E-state index contributed by atoms with van der Waals surface area (Å²) in [6.07, 6.45) is 0. The van der Waals surface area contributed by atoms with E-state index >= 15 is 0 Å². The van der Waals surface area contributed by atoms with E-state index in [1.165, 1.54) is 13.2 Å². The summed E-state index contributed by atoms with van der Waals surface area (Å²) < 4.78 is 28.8. The van der Waals surface area contributed by atoms with Crippen molar-refractivity contribution in [3.63, 3.8) is 0 Å². The number of pyridine rings is 1. The van der Waals surface area contributed by atoms with Crippen LogP contribution >= 0.6 is 26.6 Å². The van der Waals surface area contributed by atoms with Gasteiger partial charge in [0.25, 0.3) is 9.05 Å². The predicted molar refractivity (Wildman–Crippen MR) is 73.8 cm³/mol. The lowest BCUT2D eigenvalue weighted by Crippen LogP contribution is -1.99. The highest BCUT2D eigenvalue weighted by Crippen LogP contribution is 2.38. The standard InChI is InChI=1S/C11H9BrClNO3S/c1-6-3-4-7-8(12)5-9(18(13,15)16)11(17-2)10(7)14-6/h3-5H,1-2H3. The van der Waals surface area contributed by atoms with Crippen molar-refractivity contribution in [2.75, 3.05) is 7.11 Å². The van der Waals surface area contributed by atoms with E-state index in [4.69, 9.17) is 15.4 Å². The van der Waals surface area contributed by atoms with Gasteiger partial charge in [-0.15, -0.1) is 0 Å². The number of hydrogen-bond acceptors (Lipinski definition) is 4. The first kappa shape index (κ1) is 13.6. The average molecular weight is 351 g/mol. The Hall–Kier alpha value is -0.850. The molecule has 1 aromatic heterocycles. The summed E-state index contributed by atoms with van der Waals surface area (Å²) in [4.78, 5) is 4.21. The molecule has 0 aliphatic carbocycles. The fraction of sp³-hybridized carbons (Fsp3) is 0.182. The van der Waals surface area contributed by atoms with Crippen LogP contribution in [-0.4, -0.2) is 20.5 Å². The van der Waals surface area contributed by atoms with Crippen LogP contribution in [0.5, 0.6) is 5.75 Å². The molecular formula is C11H9BrClNO3S. The molecule has 0 bridgehead atoms. The molecule has 0 N–H and O–H groups in total. The molecule has 96 valence electrons. The number of rotatable bonds is 2. The first-order valence-electron chi connectivity index (χ1n) is 4.93. The molecular weight excluding hydrogens is 342 g/mol. The number of aryl methyl sites for hydroxylation is 1. The number of nitrogens with zero attached hydrogens (tertiary/aromatic N) is 1. The van der Waals surface area contributed by atoms with E-state index in [-0.39, 0.29) is 10.6 Å². The fourth-order valence-corrected chi connectivity index (χ4v) is 3.38. The Morgan fingerprint density at radius 1 is 1.39 bits per heavy atom. The Kier molecular flexibility index (Phi) is 3.53. The number of benzene rings is 1. The SMILES string of the molecule is COc1c(S(=O)(=O)Cl)cc(Br)c2ccc(C)nc12. The third-order valence-corrected chi connectivity index (χ3v) is 4.44.